The molecule has 0 amide bonds. The molecule has 15 heteroatoms. The first-order valence-electron chi connectivity index (χ1n) is 16.4. The smallest absolute Gasteiger partial charge is 0.336 e. The van der Waals surface area contributed by atoms with Crippen LogP contribution in [0, 0.1) is 23.7 Å². The monoisotopic (exact) mass is 718 g/mol. The van der Waals surface area contributed by atoms with Gasteiger partial charge in [-0.3, -0.25) is 9.59 Å². The third-order valence-electron chi connectivity index (χ3n) is 9.94. The lowest BCUT2D eigenvalue weighted by molar-refractivity contribution is -0.142. The minimum atomic E-state index is -1.81. The van der Waals surface area contributed by atoms with Crippen LogP contribution in [0.15, 0.2) is 24.3 Å². The highest BCUT2D eigenvalue weighted by molar-refractivity contribution is 7.92. The fourth-order valence-electron chi connectivity index (χ4n) is 6.48. The van der Waals surface area contributed by atoms with Gasteiger partial charge in [0, 0.05) is 36.5 Å². The largest absolute Gasteiger partial charge is 0.462 e. The van der Waals surface area contributed by atoms with Crippen molar-refractivity contribution < 1.29 is 37.9 Å². The Labute approximate surface area is 282 Å². The van der Waals surface area contributed by atoms with Gasteiger partial charge < -0.3 is 28.3 Å². The predicted molar refractivity (Wildman–Crippen MR) is 199 cm³/mol. The maximum Gasteiger partial charge on any atom is 0.336 e. The number of aliphatic hydroxyl groups excluding tert-OH is 1. The van der Waals surface area contributed by atoms with E-state index in [0.29, 0.717) is 19.3 Å². The van der Waals surface area contributed by atoms with Crippen LogP contribution >= 0.6 is 36.5 Å². The zero-order chi connectivity index (χ0) is 33.7. The number of carbonyl (C=O) groups excluding carboxylic acids is 2. The number of aliphatic hydroxyl groups is 1. The molecule has 254 valence electrons. The van der Waals surface area contributed by atoms with Gasteiger partial charge in [0.2, 0.25) is 0 Å². The summed E-state index contributed by atoms with van der Waals surface area (Å²) in [5.74, 6) is 0.564. The fourth-order valence-corrected chi connectivity index (χ4v) is 8.65. The Balaban J connectivity index is 0.000000257. The Morgan fingerprint density at radius 2 is 1.31 bits per heavy atom. The summed E-state index contributed by atoms with van der Waals surface area (Å²) in [5, 5.41) is 9.84. The van der Waals surface area contributed by atoms with Gasteiger partial charge in [-0.2, -0.15) is 0 Å². The molecule has 2 aliphatic heterocycles. The molecule has 0 aromatic rings. The van der Waals surface area contributed by atoms with E-state index in [1.807, 2.05) is 19.1 Å². The Kier molecular flexibility index (Phi) is 15.3. The van der Waals surface area contributed by atoms with Gasteiger partial charge in [-0.1, -0.05) is 58.9 Å². The standard InChI is InChI=1S/C18H35BO4P2Si.C12H21BO4P2/c1-7-12(23-26(5,6)18(2,3)4)8-9-13-14-10-17(20)21-15(14)11-16(13)22-19(24)25;1-2-7(14)3-4-8-9-5-12(15)16-10(9)6-11(8)17-13(18)19/h8-9,12-16H,7,10-11,24-25H2,1-6H3;3-4,7-11,14H,2,5-6,18-19H2,1H3/b9-8+;4-3+/t12-,13+,14+,15-,16+;7-,8+,9+,10-,11+/m00/s1. The van der Waals surface area contributed by atoms with E-state index in [0.717, 1.165) is 19.3 Å². The Hall–Kier alpha value is 0.327. The van der Waals surface area contributed by atoms with E-state index in [-0.39, 0.29) is 83.9 Å². The van der Waals surface area contributed by atoms with Crippen LogP contribution in [-0.2, 0) is 32.8 Å². The molecule has 14 atom stereocenters. The van der Waals surface area contributed by atoms with Crippen LogP contribution in [0.25, 0.3) is 0 Å². The van der Waals surface area contributed by atoms with Crippen molar-refractivity contribution >= 4 is 69.4 Å². The van der Waals surface area contributed by atoms with E-state index in [9.17, 15) is 14.7 Å². The molecule has 8 nitrogen and oxygen atoms in total. The summed E-state index contributed by atoms with van der Waals surface area (Å²) >= 11 is 0. The first-order chi connectivity index (χ1) is 20.9. The summed E-state index contributed by atoms with van der Waals surface area (Å²) in [6, 6.07) is 0. The minimum Gasteiger partial charge on any atom is -0.462 e. The molecule has 4 aliphatic rings. The Morgan fingerprint density at radius 1 is 0.867 bits per heavy atom. The molecular weight excluding hydrogens is 662 g/mol. The SMILES string of the molecule is CC[C@@H](/C=C/[C@@H]1[C@H]2CC(=O)O[C@H]2C[C@H]1OB(P)P)O[Si](C)(C)C(C)(C)C.CC[C@H](O)/C=C/[C@@H]1[C@H]2CC(=O)O[C@H]2C[C@H]1OB(P)P. The molecule has 0 radical (unpaired) electrons. The Morgan fingerprint density at radius 3 is 1.69 bits per heavy atom. The normalized spacial score (nSPS) is 32.6. The zero-order valence-corrected chi connectivity index (χ0v) is 33.7. The summed E-state index contributed by atoms with van der Waals surface area (Å²) in [7, 11) is 8.69. The van der Waals surface area contributed by atoms with Crippen LogP contribution < -0.4 is 0 Å². The summed E-state index contributed by atoms with van der Waals surface area (Å²) in [6.45, 7) is 15.5. The average Bonchev–Trinajstić information content (AvgIpc) is 3.63. The molecule has 0 bridgehead atoms. The molecule has 4 rings (SSSR count). The van der Waals surface area contributed by atoms with Gasteiger partial charge in [0.15, 0.2) is 8.32 Å². The molecule has 2 saturated heterocycles. The van der Waals surface area contributed by atoms with Gasteiger partial charge in [-0.05, 0) is 31.0 Å². The van der Waals surface area contributed by atoms with E-state index in [1.54, 1.807) is 0 Å². The number of hydrogen-bond donors (Lipinski definition) is 1. The lowest BCUT2D eigenvalue weighted by atomic mass is 9.91. The predicted octanol–water partition coefficient (Wildman–Crippen LogP) is 5.80. The lowest BCUT2D eigenvalue weighted by Crippen LogP contribution is -2.43. The highest BCUT2D eigenvalue weighted by atomic mass is 31.1. The summed E-state index contributed by atoms with van der Waals surface area (Å²) in [6.07, 6.45) is 12.1. The van der Waals surface area contributed by atoms with E-state index in [2.05, 4.69) is 89.4 Å². The van der Waals surface area contributed by atoms with E-state index in [1.165, 1.54) is 0 Å². The first kappa shape index (κ1) is 39.8. The fraction of sp³-hybridized carbons (Fsp3) is 0.800. The zero-order valence-electron chi connectivity index (χ0n) is 28.1. The van der Waals surface area contributed by atoms with Crippen LogP contribution in [0.4, 0.5) is 0 Å². The minimum absolute atomic E-state index is 0.00251. The molecule has 0 aromatic heterocycles. The van der Waals surface area contributed by atoms with Crippen LogP contribution in [0.5, 0.6) is 0 Å². The van der Waals surface area contributed by atoms with Crippen LogP contribution in [0.2, 0.25) is 18.1 Å². The average molecular weight is 718 g/mol. The van der Waals surface area contributed by atoms with Gasteiger partial charge in [-0.25, -0.2) is 0 Å². The Bertz CT molecular complexity index is 1060. The second-order valence-corrected chi connectivity index (χ2v) is 23.2. The number of rotatable bonds is 12. The van der Waals surface area contributed by atoms with Gasteiger partial charge >= 0.3 is 24.6 Å². The quantitative estimate of drug-likeness (QED) is 0.117. The third kappa shape index (κ3) is 11.2. The van der Waals surface area contributed by atoms with E-state index < -0.39 is 14.4 Å². The maximum absolute atomic E-state index is 11.7. The topological polar surface area (TPSA) is 101 Å². The molecule has 4 fully saturated rings. The molecule has 2 heterocycles. The van der Waals surface area contributed by atoms with Crippen molar-refractivity contribution in [2.75, 3.05) is 0 Å². The molecule has 0 aromatic carbocycles. The van der Waals surface area contributed by atoms with E-state index in [4.69, 9.17) is 23.2 Å². The van der Waals surface area contributed by atoms with Crippen molar-refractivity contribution in [3.05, 3.63) is 24.3 Å². The third-order valence-corrected chi connectivity index (χ3v) is 15.1. The van der Waals surface area contributed by atoms with Gasteiger partial charge in [0.25, 0.3) is 0 Å². The number of carbonyl (C=O) groups is 2. The van der Waals surface area contributed by atoms with Gasteiger partial charge in [-0.15, -0.1) is 36.5 Å². The number of esters is 2. The number of hydrogen-bond acceptors (Lipinski definition) is 8. The molecule has 45 heavy (non-hydrogen) atoms. The second kappa shape index (κ2) is 17.3. The van der Waals surface area contributed by atoms with Crippen molar-refractivity contribution in [1.29, 1.82) is 0 Å². The molecule has 2 aliphatic carbocycles. The molecule has 4 unspecified atom stereocenters. The van der Waals surface area contributed by atoms with Crippen molar-refractivity contribution in [3.63, 3.8) is 0 Å². The highest BCUT2D eigenvalue weighted by Gasteiger charge is 2.51. The van der Waals surface area contributed by atoms with Crippen LogP contribution in [0.1, 0.15) is 73.1 Å². The summed E-state index contributed by atoms with van der Waals surface area (Å²) < 4.78 is 29.3. The second-order valence-electron chi connectivity index (χ2n) is 14.3. The highest BCUT2D eigenvalue weighted by Crippen LogP contribution is 2.45. The van der Waals surface area contributed by atoms with Crippen molar-refractivity contribution in [1.82, 2.24) is 0 Å². The summed E-state index contributed by atoms with van der Waals surface area (Å²) in [5.41, 5.74) is 0. The molecule has 1 N–H and O–H groups in total. The van der Waals surface area contributed by atoms with Gasteiger partial charge in [0.1, 0.15) is 12.2 Å². The van der Waals surface area contributed by atoms with Crippen molar-refractivity contribution in [3.8, 4) is 0 Å². The first-order valence-corrected chi connectivity index (χ1v) is 22.0. The summed E-state index contributed by atoms with van der Waals surface area (Å²) in [4.78, 5) is 23.1. The van der Waals surface area contributed by atoms with Gasteiger partial charge in [0.05, 0.1) is 37.3 Å². The molecule has 0 spiro atoms. The maximum atomic E-state index is 11.7. The van der Waals surface area contributed by atoms with Crippen LogP contribution in [0.3, 0.4) is 0 Å². The lowest BCUT2D eigenvalue weighted by Gasteiger charge is -2.38. The molecule has 2 saturated carbocycles. The number of ether oxygens (including phenoxy) is 2. The van der Waals surface area contributed by atoms with Crippen LogP contribution in [-0.4, -0.2) is 74.7 Å². The van der Waals surface area contributed by atoms with E-state index >= 15 is 0 Å². The van der Waals surface area contributed by atoms with Crippen molar-refractivity contribution in [2.45, 2.75) is 128 Å². The number of fused-ring (bicyclic) bond motifs is 2. The van der Waals surface area contributed by atoms with Crippen molar-refractivity contribution in [2.24, 2.45) is 23.7 Å². The molecular formula is C30H56B2O8P4Si.